The average molecular weight is 409 g/mol. The summed E-state index contributed by atoms with van der Waals surface area (Å²) in [5, 5.41) is 16.4. The number of esters is 1. The summed E-state index contributed by atoms with van der Waals surface area (Å²) in [6.07, 6.45) is 0. The number of aromatic nitrogens is 4. The molecule has 0 saturated heterocycles. The number of ether oxygens (including phenoxy) is 1. The molecule has 0 spiro atoms. The first-order chi connectivity index (χ1) is 14.0. The van der Waals surface area contributed by atoms with Crippen molar-refractivity contribution in [1.29, 1.82) is 0 Å². The number of nitrogens with zero attached hydrogens (tertiary/aromatic N) is 4. The fraction of sp³-hybridized carbons (Fsp3) is 0.250. The van der Waals surface area contributed by atoms with E-state index in [4.69, 9.17) is 4.74 Å². The summed E-state index contributed by atoms with van der Waals surface area (Å²) in [5.41, 5.74) is 2.26. The summed E-state index contributed by atoms with van der Waals surface area (Å²) in [7, 11) is 1.27. The van der Waals surface area contributed by atoms with E-state index >= 15 is 0 Å². The minimum atomic E-state index is -0.661. The number of rotatable bonds is 5. The zero-order valence-corrected chi connectivity index (χ0v) is 16.9. The number of anilines is 1. The van der Waals surface area contributed by atoms with Crippen molar-refractivity contribution in [2.24, 2.45) is 0 Å². The van der Waals surface area contributed by atoms with Gasteiger partial charge in [0.1, 0.15) is 11.7 Å². The zero-order valence-electron chi connectivity index (χ0n) is 16.1. The summed E-state index contributed by atoms with van der Waals surface area (Å²) in [6.45, 7) is 4.22. The van der Waals surface area contributed by atoms with E-state index in [1.54, 1.807) is 12.1 Å². The van der Waals surface area contributed by atoms with Gasteiger partial charge >= 0.3 is 5.97 Å². The van der Waals surface area contributed by atoms with E-state index in [1.165, 1.54) is 28.7 Å². The van der Waals surface area contributed by atoms with Crippen LogP contribution in [0.5, 0.6) is 0 Å². The number of tetrazole rings is 1. The maximum absolute atomic E-state index is 13.4. The van der Waals surface area contributed by atoms with Crippen molar-refractivity contribution in [3.8, 4) is 0 Å². The Hall–Kier alpha value is -3.33. The monoisotopic (exact) mass is 409 g/mol. The number of benzene rings is 1. The largest absolute Gasteiger partial charge is 0.464 e. The van der Waals surface area contributed by atoms with Gasteiger partial charge in [-0.1, -0.05) is 49.3 Å². The summed E-state index contributed by atoms with van der Waals surface area (Å²) in [4.78, 5) is 26.5. The summed E-state index contributed by atoms with van der Waals surface area (Å²) in [6, 6.07) is 10.8. The molecule has 0 radical (unpaired) electrons. The Labute approximate surface area is 171 Å². The molecule has 2 aromatic heterocycles. The highest BCUT2D eigenvalue weighted by Crippen LogP contribution is 2.37. The molecule has 1 aliphatic rings. The first-order valence-electron chi connectivity index (χ1n) is 9.06. The lowest BCUT2D eigenvalue weighted by Gasteiger charge is -2.28. The highest BCUT2D eigenvalue weighted by Gasteiger charge is 2.38. The smallest absolute Gasteiger partial charge is 0.355 e. The minimum Gasteiger partial charge on any atom is -0.464 e. The van der Waals surface area contributed by atoms with Crippen molar-refractivity contribution < 1.29 is 14.3 Å². The fourth-order valence-electron chi connectivity index (χ4n) is 3.30. The Kier molecular flexibility index (Phi) is 4.98. The summed E-state index contributed by atoms with van der Waals surface area (Å²) in [5.74, 6) is -0.282. The molecule has 0 amide bonds. The molecular weight excluding hydrogens is 390 g/mol. The third-order valence-corrected chi connectivity index (χ3v) is 5.68. The highest BCUT2D eigenvalue weighted by atomic mass is 32.1. The van der Waals surface area contributed by atoms with E-state index in [-0.39, 0.29) is 23.0 Å². The van der Waals surface area contributed by atoms with Gasteiger partial charge in [0.05, 0.1) is 17.6 Å². The number of allylic oxidation sites excluding steroid dienone is 1. The normalized spacial score (nSPS) is 15.8. The highest BCUT2D eigenvalue weighted by molar-refractivity contribution is 7.12. The molecule has 8 nitrogen and oxygen atoms in total. The van der Waals surface area contributed by atoms with Crippen LogP contribution in [0.4, 0.5) is 5.95 Å². The van der Waals surface area contributed by atoms with Crippen LogP contribution in [0.25, 0.3) is 0 Å². The number of fused-ring (bicyclic) bond motifs is 1. The van der Waals surface area contributed by atoms with Gasteiger partial charge in [-0.3, -0.25) is 4.79 Å². The van der Waals surface area contributed by atoms with Gasteiger partial charge in [0.15, 0.2) is 0 Å². The van der Waals surface area contributed by atoms with Gasteiger partial charge < -0.3 is 10.1 Å². The van der Waals surface area contributed by atoms with Gasteiger partial charge in [0, 0.05) is 0 Å². The lowest BCUT2D eigenvalue weighted by atomic mass is 9.90. The quantitative estimate of drug-likeness (QED) is 0.510. The topological polar surface area (TPSA) is 99.0 Å². The lowest BCUT2D eigenvalue weighted by molar-refractivity contribution is -0.136. The Bertz CT molecular complexity index is 1080. The molecule has 1 unspecified atom stereocenters. The molecule has 1 atom stereocenters. The van der Waals surface area contributed by atoms with E-state index in [2.05, 4.69) is 34.7 Å². The number of nitrogens with one attached hydrogen (secondary N) is 1. The van der Waals surface area contributed by atoms with Crippen molar-refractivity contribution in [2.45, 2.75) is 25.8 Å². The number of methoxy groups -OCH3 is 1. The van der Waals surface area contributed by atoms with Gasteiger partial charge in [-0.15, -0.1) is 11.3 Å². The maximum Gasteiger partial charge on any atom is 0.355 e. The number of hydrogen-bond donors (Lipinski definition) is 1. The number of carbonyl (C=O) groups excluding carboxylic acids is 2. The van der Waals surface area contributed by atoms with Crippen molar-refractivity contribution in [3.63, 3.8) is 0 Å². The molecule has 0 fully saturated rings. The van der Waals surface area contributed by atoms with Crippen molar-refractivity contribution in [1.82, 2.24) is 20.2 Å². The van der Waals surface area contributed by atoms with Crippen LogP contribution in [-0.4, -0.2) is 39.1 Å². The van der Waals surface area contributed by atoms with Crippen molar-refractivity contribution >= 4 is 29.0 Å². The van der Waals surface area contributed by atoms with Gasteiger partial charge in [-0.2, -0.15) is 4.68 Å². The molecule has 0 bridgehead atoms. The van der Waals surface area contributed by atoms with Gasteiger partial charge in [0.2, 0.25) is 11.7 Å². The lowest BCUT2D eigenvalue weighted by Crippen LogP contribution is -2.32. The van der Waals surface area contributed by atoms with Gasteiger partial charge in [-0.25, -0.2) is 4.79 Å². The first kappa shape index (κ1) is 19.0. The van der Waals surface area contributed by atoms with E-state index < -0.39 is 12.0 Å². The molecule has 4 rings (SSSR count). The second-order valence-corrected chi connectivity index (χ2v) is 7.83. The zero-order chi connectivity index (χ0) is 20.5. The van der Waals surface area contributed by atoms with Crippen LogP contribution in [-0.2, 0) is 9.53 Å². The Morgan fingerprint density at radius 1 is 1.21 bits per heavy atom. The van der Waals surface area contributed by atoms with Crippen LogP contribution in [0.1, 0.15) is 46.6 Å². The Morgan fingerprint density at radius 3 is 2.59 bits per heavy atom. The molecule has 1 aromatic carbocycles. The molecule has 1 N–H and O–H groups in total. The SMILES string of the molecule is COC(=O)C1=C(C(=O)c2cccs2)C(c2ccc(C(C)C)cc2)n2nnnc2N1. The summed E-state index contributed by atoms with van der Waals surface area (Å²) < 4.78 is 6.44. The molecule has 9 heteroatoms. The van der Waals surface area contributed by atoms with Gasteiger partial charge in [-0.05, 0) is 38.9 Å². The second kappa shape index (κ2) is 7.59. The molecular formula is C20H19N5O3S. The maximum atomic E-state index is 13.4. The Morgan fingerprint density at radius 2 is 1.97 bits per heavy atom. The van der Waals surface area contributed by atoms with Crippen LogP contribution >= 0.6 is 11.3 Å². The van der Waals surface area contributed by atoms with Crippen LogP contribution in [0, 0.1) is 0 Å². The molecule has 29 heavy (non-hydrogen) atoms. The molecule has 3 heterocycles. The average Bonchev–Trinajstić information content (AvgIpc) is 3.43. The molecule has 1 aliphatic heterocycles. The van der Waals surface area contributed by atoms with Crippen LogP contribution in [0.2, 0.25) is 0 Å². The Balaban J connectivity index is 1.92. The van der Waals surface area contributed by atoms with Crippen LogP contribution in [0.3, 0.4) is 0 Å². The number of carbonyl (C=O) groups is 2. The molecule has 148 valence electrons. The van der Waals surface area contributed by atoms with E-state index in [0.29, 0.717) is 10.8 Å². The van der Waals surface area contributed by atoms with Crippen LogP contribution in [0.15, 0.2) is 53.0 Å². The fourth-order valence-corrected chi connectivity index (χ4v) is 3.98. The molecule has 0 aliphatic carbocycles. The van der Waals surface area contributed by atoms with Crippen molar-refractivity contribution in [3.05, 3.63) is 69.1 Å². The summed E-state index contributed by atoms with van der Waals surface area (Å²) >= 11 is 1.31. The number of thiophene rings is 1. The number of Topliss-reactive ketones (excluding diaryl/α,β-unsaturated/α-hetero) is 1. The number of hydrogen-bond acceptors (Lipinski definition) is 8. The predicted octanol–water partition coefficient (Wildman–Crippen LogP) is 3.18. The number of ketones is 1. The third-order valence-electron chi connectivity index (χ3n) is 4.81. The van der Waals surface area contributed by atoms with Crippen molar-refractivity contribution in [2.75, 3.05) is 12.4 Å². The third kappa shape index (κ3) is 3.33. The standard InChI is InChI=1S/C20H19N5O3S/c1-11(2)12-6-8-13(9-7-12)17-15(18(26)14-5-4-10-29-14)16(19(27)28-3)21-20-22-23-24-25(17)20/h4-11,17H,1-3H3,(H,21,22,24). The van der Waals surface area contributed by atoms with Crippen LogP contribution < -0.4 is 5.32 Å². The van der Waals surface area contributed by atoms with E-state index in [9.17, 15) is 9.59 Å². The predicted molar refractivity (Wildman–Crippen MR) is 108 cm³/mol. The second-order valence-electron chi connectivity index (χ2n) is 6.88. The van der Waals surface area contributed by atoms with E-state index in [0.717, 1.165) is 5.56 Å². The molecule has 3 aromatic rings. The molecule has 0 saturated carbocycles. The van der Waals surface area contributed by atoms with E-state index in [1.807, 2.05) is 29.6 Å². The minimum absolute atomic E-state index is 0.0473. The first-order valence-corrected chi connectivity index (χ1v) is 9.94. The van der Waals surface area contributed by atoms with Gasteiger partial charge in [0.25, 0.3) is 0 Å².